The molecule has 0 aliphatic heterocycles. The number of hydrogen-bond donors (Lipinski definition) is 1. The third kappa shape index (κ3) is 2.72. The normalized spacial score (nSPS) is 10.3. The smallest absolute Gasteiger partial charge is 0.335 e. The lowest BCUT2D eigenvalue weighted by Gasteiger charge is -2.04. The first-order chi connectivity index (χ1) is 11.1. The molecule has 2 aromatic carbocycles. The number of nitrogens with zero attached hydrogens (tertiary/aromatic N) is 2. The first-order valence-corrected chi connectivity index (χ1v) is 7.12. The highest BCUT2D eigenvalue weighted by molar-refractivity contribution is 5.87. The van der Waals surface area contributed by atoms with Crippen molar-refractivity contribution in [2.24, 2.45) is 0 Å². The van der Waals surface area contributed by atoms with Crippen molar-refractivity contribution in [1.82, 2.24) is 4.57 Å². The molecule has 1 N–H and O–H groups in total. The summed E-state index contributed by atoms with van der Waals surface area (Å²) >= 11 is 0. The van der Waals surface area contributed by atoms with Gasteiger partial charge in [-0.15, -0.1) is 0 Å². The topological polar surface area (TPSA) is 66.0 Å². The first kappa shape index (κ1) is 14.6. The minimum Gasteiger partial charge on any atom is -0.478 e. The van der Waals surface area contributed by atoms with Crippen LogP contribution < -0.4 is 0 Å². The van der Waals surface area contributed by atoms with Crippen molar-refractivity contribution >= 4 is 5.97 Å². The number of carboxylic acid groups (broad SMARTS) is 1. The second-order valence-electron chi connectivity index (χ2n) is 5.27. The Morgan fingerprint density at radius 3 is 2.35 bits per heavy atom. The molecule has 4 heteroatoms. The highest BCUT2D eigenvalue weighted by Gasteiger charge is 2.12. The van der Waals surface area contributed by atoms with Gasteiger partial charge in [0.25, 0.3) is 0 Å². The molecule has 0 fully saturated rings. The Hall–Kier alpha value is -3.32. The molecule has 0 unspecified atom stereocenters. The van der Waals surface area contributed by atoms with Gasteiger partial charge in [-0.2, -0.15) is 5.26 Å². The summed E-state index contributed by atoms with van der Waals surface area (Å²) in [4.78, 5) is 10.9. The number of carbonyl (C=O) groups is 1. The molecular weight excluding hydrogens is 288 g/mol. The minimum atomic E-state index is -0.956. The van der Waals surface area contributed by atoms with Crippen molar-refractivity contribution in [2.45, 2.75) is 6.92 Å². The first-order valence-electron chi connectivity index (χ1n) is 7.12. The maximum absolute atomic E-state index is 10.9. The number of aromatic nitrogens is 1. The molecule has 23 heavy (non-hydrogen) atoms. The van der Waals surface area contributed by atoms with Crippen molar-refractivity contribution in [1.29, 1.82) is 5.26 Å². The second-order valence-corrected chi connectivity index (χ2v) is 5.27. The number of carboxylic acids is 1. The summed E-state index contributed by atoms with van der Waals surface area (Å²) in [7, 11) is 0. The SMILES string of the molecule is Cc1ccccc1-c1cn(-c2ccc(C(=O)O)cc2)cc1C#N. The van der Waals surface area contributed by atoms with E-state index in [1.54, 1.807) is 30.5 Å². The van der Waals surface area contributed by atoms with Crippen LogP contribution in [0.3, 0.4) is 0 Å². The molecule has 0 saturated carbocycles. The molecule has 3 aromatic rings. The van der Waals surface area contributed by atoms with Gasteiger partial charge in [0.05, 0.1) is 11.1 Å². The average Bonchev–Trinajstić information content (AvgIpc) is 2.99. The average molecular weight is 302 g/mol. The van der Waals surface area contributed by atoms with Crippen molar-refractivity contribution in [3.8, 4) is 22.9 Å². The van der Waals surface area contributed by atoms with E-state index in [0.717, 1.165) is 22.4 Å². The third-order valence-corrected chi connectivity index (χ3v) is 3.79. The summed E-state index contributed by atoms with van der Waals surface area (Å²) in [5.74, 6) is -0.956. The van der Waals surface area contributed by atoms with Gasteiger partial charge in [0, 0.05) is 23.6 Å². The Bertz CT molecular complexity index is 915. The predicted molar refractivity (Wildman–Crippen MR) is 87.6 cm³/mol. The van der Waals surface area contributed by atoms with Crippen molar-refractivity contribution in [2.75, 3.05) is 0 Å². The van der Waals surface area contributed by atoms with Crippen LogP contribution in [0.25, 0.3) is 16.8 Å². The zero-order valence-corrected chi connectivity index (χ0v) is 12.5. The molecule has 1 aromatic heterocycles. The summed E-state index contributed by atoms with van der Waals surface area (Å²) < 4.78 is 1.84. The molecule has 0 amide bonds. The van der Waals surface area contributed by atoms with Crippen LogP contribution in [0.2, 0.25) is 0 Å². The van der Waals surface area contributed by atoms with Crippen LogP contribution in [0.4, 0.5) is 0 Å². The van der Waals surface area contributed by atoms with Crippen molar-refractivity contribution < 1.29 is 9.90 Å². The van der Waals surface area contributed by atoms with Gasteiger partial charge in [0.15, 0.2) is 0 Å². The predicted octanol–water partition coefficient (Wildman–Crippen LogP) is 4.02. The Morgan fingerprint density at radius 2 is 1.74 bits per heavy atom. The molecule has 0 saturated heterocycles. The number of nitriles is 1. The highest BCUT2D eigenvalue weighted by Crippen LogP contribution is 2.28. The monoisotopic (exact) mass is 302 g/mol. The van der Waals surface area contributed by atoms with Gasteiger partial charge in [-0.05, 0) is 42.3 Å². The standard InChI is InChI=1S/C19H14N2O2/c1-13-4-2-3-5-17(13)18-12-21(11-15(18)10-20)16-8-6-14(7-9-16)19(22)23/h2-9,11-12H,1H3,(H,22,23). The molecule has 4 nitrogen and oxygen atoms in total. The van der Waals surface area contributed by atoms with Gasteiger partial charge in [0.2, 0.25) is 0 Å². The molecule has 3 rings (SSSR count). The maximum Gasteiger partial charge on any atom is 0.335 e. The van der Waals surface area contributed by atoms with E-state index in [9.17, 15) is 10.1 Å². The van der Waals surface area contributed by atoms with Crippen LogP contribution in [0, 0.1) is 18.3 Å². The number of rotatable bonds is 3. The fourth-order valence-corrected chi connectivity index (χ4v) is 2.56. The van der Waals surface area contributed by atoms with Crippen LogP contribution in [0.1, 0.15) is 21.5 Å². The number of hydrogen-bond acceptors (Lipinski definition) is 2. The molecular formula is C19H14N2O2. The lowest BCUT2D eigenvalue weighted by atomic mass is 10.0. The summed E-state index contributed by atoms with van der Waals surface area (Å²) in [6.07, 6.45) is 3.66. The van der Waals surface area contributed by atoms with Gasteiger partial charge in [-0.1, -0.05) is 24.3 Å². The second kappa shape index (κ2) is 5.82. The largest absolute Gasteiger partial charge is 0.478 e. The van der Waals surface area contributed by atoms with Crippen LogP contribution in [0.15, 0.2) is 60.9 Å². The van der Waals surface area contributed by atoms with Gasteiger partial charge >= 0.3 is 5.97 Å². The van der Waals surface area contributed by atoms with Gasteiger partial charge in [-0.3, -0.25) is 0 Å². The highest BCUT2D eigenvalue weighted by atomic mass is 16.4. The van der Waals surface area contributed by atoms with E-state index in [1.165, 1.54) is 0 Å². The van der Waals surface area contributed by atoms with Gasteiger partial charge in [-0.25, -0.2) is 4.79 Å². The molecule has 0 bridgehead atoms. The lowest BCUT2D eigenvalue weighted by Crippen LogP contribution is -1.97. The quantitative estimate of drug-likeness (QED) is 0.794. The third-order valence-electron chi connectivity index (χ3n) is 3.79. The Kier molecular flexibility index (Phi) is 3.70. The number of benzene rings is 2. The number of aryl methyl sites for hydroxylation is 1. The van der Waals surface area contributed by atoms with Gasteiger partial charge < -0.3 is 9.67 Å². The zero-order chi connectivity index (χ0) is 16.4. The Morgan fingerprint density at radius 1 is 1.04 bits per heavy atom. The molecule has 0 atom stereocenters. The van der Waals surface area contributed by atoms with Crippen LogP contribution in [0.5, 0.6) is 0 Å². The van der Waals surface area contributed by atoms with Crippen LogP contribution >= 0.6 is 0 Å². The summed E-state index contributed by atoms with van der Waals surface area (Å²) in [5.41, 5.74) is 4.62. The zero-order valence-electron chi connectivity index (χ0n) is 12.5. The number of aromatic carboxylic acids is 1. The van der Waals surface area contributed by atoms with Crippen molar-refractivity contribution in [3.05, 3.63) is 77.6 Å². The summed E-state index contributed by atoms with van der Waals surface area (Å²) in [5, 5.41) is 18.4. The van der Waals surface area contributed by atoms with Crippen molar-refractivity contribution in [3.63, 3.8) is 0 Å². The van der Waals surface area contributed by atoms with E-state index in [0.29, 0.717) is 5.56 Å². The molecule has 0 radical (unpaired) electrons. The molecule has 112 valence electrons. The van der Waals surface area contributed by atoms with E-state index < -0.39 is 5.97 Å². The van der Waals surface area contributed by atoms with Crippen LogP contribution in [-0.2, 0) is 0 Å². The Labute approximate surface area is 133 Å². The van der Waals surface area contributed by atoms with Crippen LogP contribution in [-0.4, -0.2) is 15.6 Å². The molecule has 0 spiro atoms. The van der Waals surface area contributed by atoms with Gasteiger partial charge in [0.1, 0.15) is 6.07 Å². The fraction of sp³-hybridized carbons (Fsp3) is 0.0526. The maximum atomic E-state index is 10.9. The molecule has 0 aliphatic rings. The van der Waals surface area contributed by atoms with E-state index in [4.69, 9.17) is 5.11 Å². The van der Waals surface area contributed by atoms with E-state index >= 15 is 0 Å². The fourth-order valence-electron chi connectivity index (χ4n) is 2.56. The van der Waals surface area contributed by atoms with E-state index in [1.807, 2.05) is 42.0 Å². The summed E-state index contributed by atoms with van der Waals surface area (Å²) in [6, 6.07) is 16.7. The van der Waals surface area contributed by atoms with E-state index in [2.05, 4.69) is 6.07 Å². The molecule has 1 heterocycles. The molecule has 0 aliphatic carbocycles. The lowest BCUT2D eigenvalue weighted by molar-refractivity contribution is 0.0697. The minimum absolute atomic E-state index is 0.237. The Balaban J connectivity index is 2.08. The summed E-state index contributed by atoms with van der Waals surface area (Å²) in [6.45, 7) is 2.01. The van der Waals surface area contributed by atoms with E-state index in [-0.39, 0.29) is 5.56 Å².